The second-order valence-corrected chi connectivity index (χ2v) is 5.94. The summed E-state index contributed by atoms with van der Waals surface area (Å²) >= 11 is 0. The van der Waals surface area contributed by atoms with Crippen LogP contribution >= 0.6 is 0 Å². The lowest BCUT2D eigenvalue weighted by Crippen LogP contribution is -2.44. The average Bonchev–Trinajstić information content (AvgIpc) is 2.48. The van der Waals surface area contributed by atoms with Gasteiger partial charge in [-0.3, -0.25) is 9.78 Å². The molecule has 0 amide bonds. The van der Waals surface area contributed by atoms with E-state index < -0.39 is 0 Å². The number of benzene rings is 1. The SMILES string of the molecule is CC1(C(=O)Cc2ccc3ccccc3n2)CCCNC1. The molecular formula is C17H20N2O. The zero-order valence-electron chi connectivity index (χ0n) is 11.9. The first-order valence-corrected chi connectivity index (χ1v) is 7.26. The van der Waals surface area contributed by atoms with Crippen molar-refractivity contribution in [3.63, 3.8) is 0 Å². The minimum absolute atomic E-state index is 0.231. The molecule has 1 fully saturated rings. The maximum absolute atomic E-state index is 12.5. The highest BCUT2D eigenvalue weighted by Gasteiger charge is 2.34. The Bertz CT molecular complexity index is 630. The molecule has 1 aromatic heterocycles. The van der Waals surface area contributed by atoms with Crippen molar-refractivity contribution in [3.05, 3.63) is 42.1 Å². The first-order chi connectivity index (χ1) is 9.67. The van der Waals surface area contributed by atoms with Gasteiger partial charge in [-0.2, -0.15) is 0 Å². The zero-order chi connectivity index (χ0) is 14.0. The number of nitrogens with zero attached hydrogens (tertiary/aromatic N) is 1. The van der Waals surface area contributed by atoms with Crippen LogP contribution in [0, 0.1) is 5.41 Å². The number of hydrogen-bond donors (Lipinski definition) is 1. The number of Topliss-reactive ketones (excluding diaryl/α,β-unsaturated/α-hetero) is 1. The number of nitrogens with one attached hydrogen (secondary N) is 1. The predicted molar refractivity (Wildman–Crippen MR) is 80.7 cm³/mol. The summed E-state index contributed by atoms with van der Waals surface area (Å²) in [4.78, 5) is 17.1. The van der Waals surface area contributed by atoms with E-state index in [9.17, 15) is 4.79 Å². The Morgan fingerprint density at radius 1 is 1.30 bits per heavy atom. The highest BCUT2D eigenvalue weighted by Crippen LogP contribution is 2.28. The zero-order valence-corrected chi connectivity index (χ0v) is 11.9. The second-order valence-electron chi connectivity index (χ2n) is 5.94. The Hall–Kier alpha value is -1.74. The van der Waals surface area contributed by atoms with Crippen LogP contribution in [0.15, 0.2) is 36.4 Å². The van der Waals surface area contributed by atoms with Crippen molar-refractivity contribution >= 4 is 16.7 Å². The van der Waals surface area contributed by atoms with Crippen LogP contribution in [0.2, 0.25) is 0 Å². The number of aromatic nitrogens is 1. The van der Waals surface area contributed by atoms with Crippen LogP contribution < -0.4 is 5.32 Å². The number of fused-ring (bicyclic) bond motifs is 1. The number of carbonyl (C=O) groups excluding carboxylic acids is 1. The Balaban J connectivity index is 1.80. The molecule has 1 aliphatic heterocycles. The van der Waals surface area contributed by atoms with Gasteiger partial charge in [0.25, 0.3) is 0 Å². The molecule has 1 aromatic carbocycles. The summed E-state index contributed by atoms with van der Waals surface area (Å²) in [6.45, 7) is 3.89. The molecule has 3 heteroatoms. The molecular weight excluding hydrogens is 248 g/mol. The molecule has 2 aromatic rings. The molecule has 1 saturated heterocycles. The fourth-order valence-corrected chi connectivity index (χ4v) is 2.88. The van der Waals surface area contributed by atoms with E-state index in [0.29, 0.717) is 12.2 Å². The standard InChI is InChI=1S/C17H20N2O/c1-17(9-4-10-18-12-17)16(20)11-14-8-7-13-5-2-3-6-15(13)19-14/h2-3,5-8,18H,4,9-12H2,1H3. The summed E-state index contributed by atoms with van der Waals surface area (Å²) in [7, 11) is 0. The Kier molecular flexibility index (Phi) is 3.53. The third kappa shape index (κ3) is 2.59. The topological polar surface area (TPSA) is 42.0 Å². The average molecular weight is 268 g/mol. The summed E-state index contributed by atoms with van der Waals surface area (Å²) in [5.74, 6) is 0.299. The van der Waals surface area contributed by atoms with Crippen molar-refractivity contribution in [3.8, 4) is 0 Å². The van der Waals surface area contributed by atoms with Crippen molar-refractivity contribution in [2.24, 2.45) is 5.41 Å². The molecule has 0 aliphatic carbocycles. The van der Waals surface area contributed by atoms with Crippen LogP contribution in [0.25, 0.3) is 10.9 Å². The van der Waals surface area contributed by atoms with Crippen molar-refractivity contribution in [1.29, 1.82) is 0 Å². The Morgan fingerprint density at radius 3 is 2.95 bits per heavy atom. The van der Waals surface area contributed by atoms with Gasteiger partial charge >= 0.3 is 0 Å². The van der Waals surface area contributed by atoms with Gasteiger partial charge in [0.2, 0.25) is 0 Å². The van der Waals surface area contributed by atoms with E-state index in [1.165, 1.54) is 0 Å². The number of pyridine rings is 1. The molecule has 3 rings (SSSR count). The van der Waals surface area contributed by atoms with Crippen LogP contribution in [0.3, 0.4) is 0 Å². The molecule has 0 saturated carbocycles. The maximum Gasteiger partial charge on any atom is 0.145 e. The molecule has 1 N–H and O–H groups in total. The van der Waals surface area contributed by atoms with Gasteiger partial charge < -0.3 is 5.32 Å². The first-order valence-electron chi connectivity index (χ1n) is 7.26. The van der Waals surface area contributed by atoms with Crippen LogP contribution in [0.1, 0.15) is 25.5 Å². The molecule has 1 aliphatic rings. The van der Waals surface area contributed by atoms with E-state index in [1.807, 2.05) is 36.4 Å². The number of carbonyl (C=O) groups is 1. The minimum Gasteiger partial charge on any atom is -0.316 e. The Labute approximate surface area is 119 Å². The molecule has 0 bridgehead atoms. The van der Waals surface area contributed by atoms with Gasteiger partial charge in [0, 0.05) is 29.5 Å². The summed E-state index contributed by atoms with van der Waals surface area (Å²) < 4.78 is 0. The van der Waals surface area contributed by atoms with Gasteiger partial charge in [-0.1, -0.05) is 31.2 Å². The van der Waals surface area contributed by atoms with Gasteiger partial charge in [0.05, 0.1) is 5.52 Å². The van der Waals surface area contributed by atoms with Crippen molar-refractivity contribution in [1.82, 2.24) is 10.3 Å². The summed E-state index contributed by atoms with van der Waals surface area (Å²) in [6, 6.07) is 12.0. The lowest BCUT2D eigenvalue weighted by atomic mass is 9.77. The van der Waals surface area contributed by atoms with Gasteiger partial charge in [0.15, 0.2) is 0 Å². The quantitative estimate of drug-likeness (QED) is 0.930. The molecule has 1 atom stereocenters. The number of rotatable bonds is 3. The lowest BCUT2D eigenvalue weighted by molar-refractivity contribution is -0.128. The second kappa shape index (κ2) is 5.33. The number of ketones is 1. The molecule has 1 unspecified atom stereocenters. The smallest absolute Gasteiger partial charge is 0.145 e. The van der Waals surface area contributed by atoms with E-state index in [2.05, 4.69) is 17.2 Å². The monoisotopic (exact) mass is 268 g/mol. The number of para-hydroxylation sites is 1. The molecule has 3 nitrogen and oxygen atoms in total. The molecule has 104 valence electrons. The third-order valence-electron chi connectivity index (χ3n) is 4.27. The molecule has 2 heterocycles. The molecule has 0 spiro atoms. The molecule has 0 radical (unpaired) electrons. The summed E-state index contributed by atoms with van der Waals surface area (Å²) in [5, 5.41) is 4.45. The molecule has 20 heavy (non-hydrogen) atoms. The van der Waals surface area contributed by atoms with Gasteiger partial charge in [0.1, 0.15) is 5.78 Å². The predicted octanol–water partition coefficient (Wildman–Crippen LogP) is 2.74. The van der Waals surface area contributed by atoms with E-state index in [4.69, 9.17) is 0 Å². The largest absolute Gasteiger partial charge is 0.316 e. The van der Waals surface area contributed by atoms with E-state index in [-0.39, 0.29) is 5.41 Å². The maximum atomic E-state index is 12.5. The van der Waals surface area contributed by atoms with Gasteiger partial charge in [-0.25, -0.2) is 0 Å². The van der Waals surface area contributed by atoms with E-state index >= 15 is 0 Å². The van der Waals surface area contributed by atoms with Gasteiger partial charge in [-0.15, -0.1) is 0 Å². The van der Waals surface area contributed by atoms with Crippen LogP contribution in [0.5, 0.6) is 0 Å². The lowest BCUT2D eigenvalue weighted by Gasteiger charge is -2.32. The number of hydrogen-bond acceptors (Lipinski definition) is 3. The fourth-order valence-electron chi connectivity index (χ4n) is 2.88. The highest BCUT2D eigenvalue weighted by atomic mass is 16.1. The van der Waals surface area contributed by atoms with Crippen molar-refractivity contribution < 1.29 is 4.79 Å². The third-order valence-corrected chi connectivity index (χ3v) is 4.27. The summed E-state index contributed by atoms with van der Waals surface area (Å²) in [5.41, 5.74) is 1.61. The first kappa shape index (κ1) is 13.3. The van der Waals surface area contributed by atoms with Gasteiger partial charge in [-0.05, 0) is 31.5 Å². The van der Waals surface area contributed by atoms with Crippen LogP contribution in [-0.4, -0.2) is 23.9 Å². The van der Waals surface area contributed by atoms with Crippen LogP contribution in [-0.2, 0) is 11.2 Å². The van der Waals surface area contributed by atoms with Crippen molar-refractivity contribution in [2.75, 3.05) is 13.1 Å². The highest BCUT2D eigenvalue weighted by molar-refractivity contribution is 5.87. The van der Waals surface area contributed by atoms with E-state index in [1.54, 1.807) is 0 Å². The van der Waals surface area contributed by atoms with Crippen LogP contribution in [0.4, 0.5) is 0 Å². The Morgan fingerprint density at radius 2 is 2.15 bits per heavy atom. The summed E-state index contributed by atoms with van der Waals surface area (Å²) in [6.07, 6.45) is 2.49. The van der Waals surface area contributed by atoms with Crippen molar-refractivity contribution in [2.45, 2.75) is 26.2 Å². The minimum atomic E-state index is -0.231. The normalized spacial score (nSPS) is 22.9. The fraction of sp³-hybridized carbons (Fsp3) is 0.412. The van der Waals surface area contributed by atoms with E-state index in [0.717, 1.165) is 42.5 Å². The number of piperidine rings is 1.